The van der Waals surface area contributed by atoms with Crippen LogP contribution in [-0.2, 0) is 5.41 Å². The largest absolute Gasteiger partial charge is 0.315 e. The molecule has 53 heavy (non-hydrogen) atoms. The summed E-state index contributed by atoms with van der Waals surface area (Å²) in [6, 6.07) is 62.0. The van der Waals surface area contributed by atoms with E-state index in [1.54, 1.807) is 0 Å². The molecule has 0 N–H and O–H groups in total. The maximum atomic E-state index is 5.12. The highest BCUT2D eigenvalue weighted by molar-refractivity contribution is 5.89. The van der Waals surface area contributed by atoms with Crippen LogP contribution in [0, 0.1) is 13.8 Å². The van der Waals surface area contributed by atoms with Crippen molar-refractivity contribution in [1.29, 1.82) is 0 Å². The van der Waals surface area contributed by atoms with Gasteiger partial charge in [-0.25, -0.2) is 4.98 Å². The van der Waals surface area contributed by atoms with Crippen LogP contribution in [0.5, 0.6) is 0 Å². The van der Waals surface area contributed by atoms with Gasteiger partial charge in [-0.15, -0.1) is 0 Å². The van der Waals surface area contributed by atoms with Gasteiger partial charge in [0.25, 0.3) is 0 Å². The molecule has 3 nitrogen and oxygen atoms in total. The molecule has 3 heteroatoms. The summed E-state index contributed by atoms with van der Waals surface area (Å²) in [5, 5.41) is 0. The SMILES string of the molecule is C/C=C(\C)N(c1ccc(-c2nc3ccccc3n2-c2ccccc2)cc1)c1ccc2c(c1)C(c1ccc(C)cc1)(c1ccc(C)cc1)c1ccccc1-2. The summed E-state index contributed by atoms with van der Waals surface area (Å²) in [5.74, 6) is 0.925. The summed E-state index contributed by atoms with van der Waals surface area (Å²) < 4.78 is 2.26. The summed E-state index contributed by atoms with van der Waals surface area (Å²) in [6.45, 7) is 8.64. The molecule has 1 heterocycles. The summed E-state index contributed by atoms with van der Waals surface area (Å²) >= 11 is 0. The molecule has 0 amide bonds. The number of aromatic nitrogens is 2. The van der Waals surface area contributed by atoms with Gasteiger partial charge in [0, 0.05) is 28.3 Å². The van der Waals surface area contributed by atoms with Gasteiger partial charge in [-0.1, -0.05) is 126 Å². The second kappa shape index (κ2) is 13.0. The fraction of sp³-hybridized carbons (Fsp3) is 0.100. The molecular weight excluding hydrogens is 643 g/mol. The first-order chi connectivity index (χ1) is 26.0. The maximum Gasteiger partial charge on any atom is 0.145 e. The Hall–Kier alpha value is -6.45. The monoisotopic (exact) mass is 683 g/mol. The standard InChI is InChI=1S/C50H41N3/c1-5-36(4)52(41-29-23-37(24-30-41)49-51-47-17-11-12-18-48(47)53(49)40-13-7-6-8-14-40)42-31-32-44-43-15-9-10-16-45(43)50(46(44)33-42,38-25-19-34(2)20-26-38)39-27-21-35(3)22-28-39/h5-33H,1-4H3/b36-5+. The minimum absolute atomic E-state index is 0.473. The lowest BCUT2D eigenvalue weighted by Crippen LogP contribution is -2.29. The van der Waals surface area contributed by atoms with Crippen LogP contribution in [-0.4, -0.2) is 9.55 Å². The molecule has 0 bridgehead atoms. The van der Waals surface area contributed by atoms with Crippen molar-refractivity contribution in [2.75, 3.05) is 4.90 Å². The lowest BCUT2D eigenvalue weighted by Gasteiger charge is -2.35. The first-order valence-corrected chi connectivity index (χ1v) is 18.4. The molecule has 1 aromatic heterocycles. The Morgan fingerprint density at radius 1 is 0.585 bits per heavy atom. The molecule has 0 fully saturated rings. The summed E-state index contributed by atoms with van der Waals surface area (Å²) in [5.41, 5.74) is 17.4. The number of fused-ring (bicyclic) bond motifs is 4. The third-order valence-electron chi connectivity index (χ3n) is 11.0. The summed E-state index contributed by atoms with van der Waals surface area (Å²) in [7, 11) is 0. The van der Waals surface area contributed by atoms with E-state index < -0.39 is 5.41 Å². The van der Waals surface area contributed by atoms with Gasteiger partial charge in [0.05, 0.1) is 16.4 Å². The van der Waals surface area contributed by atoms with Crippen LogP contribution in [0.4, 0.5) is 11.4 Å². The van der Waals surface area contributed by atoms with E-state index in [0.717, 1.165) is 45.2 Å². The average Bonchev–Trinajstić information content (AvgIpc) is 3.73. The van der Waals surface area contributed by atoms with Gasteiger partial charge in [-0.3, -0.25) is 4.57 Å². The highest BCUT2D eigenvalue weighted by atomic mass is 15.1. The quantitative estimate of drug-likeness (QED) is 0.167. The van der Waals surface area contributed by atoms with E-state index in [-0.39, 0.29) is 0 Å². The van der Waals surface area contributed by atoms with E-state index in [1.165, 1.54) is 44.5 Å². The predicted octanol–water partition coefficient (Wildman–Crippen LogP) is 12.7. The number of allylic oxidation sites excluding steroid dienone is 2. The number of hydrogen-bond acceptors (Lipinski definition) is 2. The minimum atomic E-state index is -0.473. The molecule has 1 aliphatic carbocycles. The van der Waals surface area contributed by atoms with Crippen LogP contribution in [0.2, 0.25) is 0 Å². The van der Waals surface area contributed by atoms with Crippen molar-refractivity contribution in [1.82, 2.24) is 9.55 Å². The second-order valence-electron chi connectivity index (χ2n) is 14.2. The van der Waals surface area contributed by atoms with Gasteiger partial charge >= 0.3 is 0 Å². The first-order valence-electron chi connectivity index (χ1n) is 18.4. The number of anilines is 2. The number of imidazole rings is 1. The fourth-order valence-electron chi connectivity index (χ4n) is 8.31. The van der Waals surface area contributed by atoms with Crippen LogP contribution in [0.25, 0.3) is 39.2 Å². The van der Waals surface area contributed by atoms with E-state index in [9.17, 15) is 0 Å². The van der Waals surface area contributed by atoms with Gasteiger partial charge in [0.15, 0.2) is 0 Å². The van der Waals surface area contributed by atoms with Crippen molar-refractivity contribution in [3.63, 3.8) is 0 Å². The Labute approximate surface area is 312 Å². The molecule has 7 aromatic carbocycles. The van der Waals surface area contributed by atoms with Crippen LogP contribution in [0.15, 0.2) is 182 Å². The fourth-order valence-corrected chi connectivity index (χ4v) is 8.31. The number of aryl methyl sites for hydroxylation is 2. The summed E-state index contributed by atoms with van der Waals surface area (Å²) in [4.78, 5) is 7.50. The zero-order chi connectivity index (χ0) is 36.1. The summed E-state index contributed by atoms with van der Waals surface area (Å²) in [6.07, 6.45) is 2.19. The Balaban J connectivity index is 1.21. The van der Waals surface area contributed by atoms with Gasteiger partial charge in [-0.05, 0) is 122 Å². The molecule has 8 aromatic rings. The zero-order valence-electron chi connectivity index (χ0n) is 30.6. The molecule has 0 unspecified atom stereocenters. The smallest absolute Gasteiger partial charge is 0.145 e. The van der Waals surface area contributed by atoms with Crippen molar-refractivity contribution < 1.29 is 0 Å². The Kier molecular flexibility index (Phi) is 7.93. The van der Waals surface area contributed by atoms with E-state index in [2.05, 4.69) is 213 Å². The van der Waals surface area contributed by atoms with Gasteiger partial charge in [-0.2, -0.15) is 0 Å². The number of nitrogens with zero attached hydrogens (tertiary/aromatic N) is 3. The van der Waals surface area contributed by atoms with E-state index in [0.29, 0.717) is 0 Å². The number of rotatable bonds is 7. The van der Waals surface area contributed by atoms with Crippen molar-refractivity contribution in [3.05, 3.63) is 215 Å². The van der Waals surface area contributed by atoms with Gasteiger partial charge < -0.3 is 4.90 Å². The van der Waals surface area contributed by atoms with Crippen molar-refractivity contribution in [2.24, 2.45) is 0 Å². The number of benzene rings is 7. The molecule has 0 saturated carbocycles. The third-order valence-corrected chi connectivity index (χ3v) is 11.0. The van der Waals surface area contributed by atoms with E-state index in [4.69, 9.17) is 4.98 Å². The van der Waals surface area contributed by atoms with Crippen LogP contribution >= 0.6 is 0 Å². The lowest BCUT2D eigenvalue weighted by atomic mass is 9.67. The normalized spacial score (nSPS) is 13.2. The Bertz CT molecular complexity index is 2580. The van der Waals surface area contributed by atoms with E-state index >= 15 is 0 Å². The molecule has 0 saturated heterocycles. The first kappa shape index (κ1) is 32.5. The van der Waals surface area contributed by atoms with Gasteiger partial charge in [0.1, 0.15) is 5.82 Å². The van der Waals surface area contributed by atoms with Crippen molar-refractivity contribution in [2.45, 2.75) is 33.1 Å². The Morgan fingerprint density at radius 2 is 1.17 bits per heavy atom. The molecule has 0 aliphatic heterocycles. The second-order valence-corrected chi connectivity index (χ2v) is 14.2. The predicted molar refractivity (Wildman–Crippen MR) is 221 cm³/mol. The number of hydrogen-bond donors (Lipinski definition) is 0. The molecule has 9 rings (SSSR count). The Morgan fingerprint density at radius 3 is 1.85 bits per heavy atom. The van der Waals surface area contributed by atoms with Crippen molar-refractivity contribution >= 4 is 22.4 Å². The molecule has 0 radical (unpaired) electrons. The molecule has 256 valence electrons. The lowest BCUT2D eigenvalue weighted by molar-refractivity contribution is 0.767. The molecule has 1 aliphatic rings. The van der Waals surface area contributed by atoms with E-state index in [1.807, 2.05) is 0 Å². The molecular formula is C50H41N3. The van der Waals surface area contributed by atoms with Crippen molar-refractivity contribution in [3.8, 4) is 28.2 Å². The topological polar surface area (TPSA) is 21.1 Å². The highest BCUT2D eigenvalue weighted by Gasteiger charge is 2.46. The highest BCUT2D eigenvalue weighted by Crippen LogP contribution is 2.57. The van der Waals surface area contributed by atoms with Gasteiger partial charge in [0.2, 0.25) is 0 Å². The third kappa shape index (κ3) is 5.23. The zero-order valence-corrected chi connectivity index (χ0v) is 30.6. The maximum absolute atomic E-state index is 5.12. The van der Waals surface area contributed by atoms with Crippen LogP contribution in [0.1, 0.15) is 47.2 Å². The van der Waals surface area contributed by atoms with Crippen LogP contribution in [0.3, 0.4) is 0 Å². The number of para-hydroxylation sites is 3. The molecule has 0 spiro atoms. The average molecular weight is 684 g/mol. The van der Waals surface area contributed by atoms with Crippen LogP contribution < -0.4 is 4.90 Å². The minimum Gasteiger partial charge on any atom is -0.315 e. The molecule has 0 atom stereocenters.